The molecule has 0 radical (unpaired) electrons. The smallest absolute Gasteiger partial charge is 0.216 e. The highest BCUT2D eigenvalue weighted by molar-refractivity contribution is 5.73. The number of carbonyl (C=O) groups is 2. The second kappa shape index (κ2) is 22.4. The van der Waals surface area contributed by atoms with E-state index in [1.807, 2.05) is 0 Å². The first-order valence-corrected chi connectivity index (χ1v) is 7.90. The molecule has 2 N–H and O–H groups in total. The third-order valence-electron chi connectivity index (χ3n) is 2.05. The molecule has 0 bridgehead atoms. The van der Waals surface area contributed by atoms with E-state index in [1.54, 1.807) is 6.92 Å². The van der Waals surface area contributed by atoms with Crippen LogP contribution in [0.4, 0.5) is 0 Å². The van der Waals surface area contributed by atoms with Crippen molar-refractivity contribution in [2.75, 3.05) is 13.1 Å². The van der Waals surface area contributed by atoms with Crippen LogP contribution in [0.1, 0.15) is 27.2 Å². The normalized spacial score (nSPS) is 5.79. The van der Waals surface area contributed by atoms with Gasteiger partial charge in [-0.25, -0.2) is 0 Å². The van der Waals surface area contributed by atoms with E-state index < -0.39 is 0 Å². The molecule has 0 aliphatic heterocycles. The molecule has 0 aliphatic carbocycles. The number of carbonyl (C=O) groups excluding carboxylic acids is 2. The second-order valence-electron chi connectivity index (χ2n) is 4.34. The topological polar surface area (TPSA) is 58.2 Å². The zero-order valence-corrected chi connectivity index (χ0v) is 16.0. The van der Waals surface area contributed by atoms with Gasteiger partial charge >= 0.3 is 0 Å². The monoisotopic (exact) mass is 366 g/mol. The summed E-state index contributed by atoms with van der Waals surface area (Å²) in [5, 5.41) is 5.26. The molecule has 0 fully saturated rings. The molecule has 0 saturated heterocycles. The van der Waals surface area contributed by atoms with Crippen LogP contribution in [0, 0.1) is 95.2 Å². The average Bonchev–Trinajstić information content (AvgIpc) is 2.65. The molecule has 0 unspecified atom stereocenters. The zero-order chi connectivity index (χ0) is 21.3. The van der Waals surface area contributed by atoms with Crippen molar-refractivity contribution in [1.29, 1.82) is 0 Å². The second-order valence-corrected chi connectivity index (χ2v) is 4.34. The molecule has 0 saturated carbocycles. The van der Waals surface area contributed by atoms with Gasteiger partial charge in [0.15, 0.2) is 0 Å². The predicted octanol–water partition coefficient (Wildman–Crippen LogP) is 0.312. The van der Waals surface area contributed by atoms with Crippen molar-refractivity contribution in [3.8, 4) is 95.2 Å². The van der Waals surface area contributed by atoms with E-state index in [-0.39, 0.29) is 11.8 Å². The van der Waals surface area contributed by atoms with Crippen molar-refractivity contribution in [2.45, 2.75) is 27.2 Å². The number of terminal acetylenes is 1. The van der Waals surface area contributed by atoms with Crippen LogP contribution in [0.5, 0.6) is 0 Å². The summed E-state index contributed by atoms with van der Waals surface area (Å²) >= 11 is 0. The van der Waals surface area contributed by atoms with Gasteiger partial charge in [-0.05, 0) is 96.2 Å². The molecule has 0 heterocycles. The summed E-state index contributed by atoms with van der Waals surface area (Å²) in [5.41, 5.74) is 0. The van der Waals surface area contributed by atoms with Crippen molar-refractivity contribution >= 4 is 11.8 Å². The van der Waals surface area contributed by atoms with Crippen molar-refractivity contribution in [1.82, 2.24) is 10.6 Å². The first-order valence-electron chi connectivity index (χ1n) is 7.90. The fourth-order valence-corrected chi connectivity index (χ4v) is 1.06. The zero-order valence-electron chi connectivity index (χ0n) is 16.0. The fraction of sp³-hybridized carbons (Fsp3) is 0.250. The third kappa shape index (κ3) is 29.4. The lowest BCUT2D eigenvalue weighted by Crippen LogP contribution is -2.27. The van der Waals surface area contributed by atoms with E-state index in [9.17, 15) is 9.59 Å². The number of nitrogens with one attached hydrogen (secondary N) is 2. The Kier molecular flexibility index (Phi) is 20.5. The predicted molar refractivity (Wildman–Crippen MR) is 111 cm³/mol. The Bertz CT molecular complexity index is 993. The Hall–Kier alpha value is -4.58. The van der Waals surface area contributed by atoms with E-state index in [0.29, 0.717) is 13.1 Å². The number of hydrogen-bond donors (Lipinski definition) is 2. The Labute approximate surface area is 168 Å². The molecule has 0 atom stereocenters. The summed E-state index contributed by atoms with van der Waals surface area (Å²) < 4.78 is 0. The Morgan fingerprint density at radius 3 is 1.25 bits per heavy atom. The van der Waals surface area contributed by atoms with Gasteiger partial charge in [0.05, 0.1) is 0 Å². The van der Waals surface area contributed by atoms with Crippen LogP contribution in [-0.2, 0) is 9.59 Å². The van der Waals surface area contributed by atoms with Crippen LogP contribution >= 0.6 is 0 Å². The molecule has 0 aromatic heterocycles. The SMILES string of the molecule is C#CC#CC#CC#CC#CC#CC#CC#CC.CC(=O)NCCCNC(C)=O. The summed E-state index contributed by atoms with van der Waals surface area (Å²) in [6.45, 7) is 5.88. The van der Waals surface area contributed by atoms with Gasteiger partial charge < -0.3 is 10.6 Å². The van der Waals surface area contributed by atoms with Crippen molar-refractivity contribution in [2.24, 2.45) is 0 Å². The molecular formula is C24H18N2O2. The van der Waals surface area contributed by atoms with E-state index in [2.05, 4.69) is 99.4 Å². The largest absolute Gasteiger partial charge is 0.356 e. The van der Waals surface area contributed by atoms with Crippen molar-refractivity contribution in [3.05, 3.63) is 0 Å². The van der Waals surface area contributed by atoms with E-state index in [1.165, 1.54) is 13.8 Å². The standard InChI is InChI=1S/C17H4.C7H14N2O2/c1-3-5-7-9-11-13-15-17-16-14-12-10-8-6-4-2;1-6(10)8-4-3-5-9-7(2)11/h1H,2H3;3-5H2,1-2H3,(H,8,10)(H,9,11). The lowest BCUT2D eigenvalue weighted by Gasteiger charge is -2.01. The quantitative estimate of drug-likeness (QED) is 0.556. The molecule has 0 aromatic carbocycles. The minimum Gasteiger partial charge on any atom is -0.356 e. The molecule has 4 nitrogen and oxygen atoms in total. The Morgan fingerprint density at radius 2 is 0.964 bits per heavy atom. The molecular weight excluding hydrogens is 348 g/mol. The fourth-order valence-electron chi connectivity index (χ4n) is 1.06. The van der Waals surface area contributed by atoms with Crippen LogP contribution in [0.3, 0.4) is 0 Å². The van der Waals surface area contributed by atoms with Crippen molar-refractivity contribution < 1.29 is 9.59 Å². The molecule has 0 aromatic rings. The molecule has 2 amide bonds. The van der Waals surface area contributed by atoms with E-state index in [4.69, 9.17) is 6.42 Å². The van der Waals surface area contributed by atoms with Gasteiger partial charge in [0.2, 0.25) is 11.8 Å². The summed E-state index contributed by atoms with van der Waals surface area (Å²) in [5.74, 6) is 36.8. The minimum absolute atomic E-state index is 0.0344. The highest BCUT2D eigenvalue weighted by Crippen LogP contribution is 1.73. The number of hydrogen-bond acceptors (Lipinski definition) is 2. The highest BCUT2D eigenvalue weighted by atomic mass is 16.2. The van der Waals surface area contributed by atoms with Gasteiger partial charge in [-0.2, -0.15) is 0 Å². The highest BCUT2D eigenvalue weighted by Gasteiger charge is 1.91. The van der Waals surface area contributed by atoms with Gasteiger partial charge in [-0.15, -0.1) is 6.42 Å². The van der Waals surface area contributed by atoms with Gasteiger partial charge in [0, 0.05) is 26.9 Å². The molecule has 28 heavy (non-hydrogen) atoms. The minimum atomic E-state index is -0.0344. The van der Waals surface area contributed by atoms with Crippen LogP contribution in [0.15, 0.2) is 0 Å². The lowest BCUT2D eigenvalue weighted by molar-refractivity contribution is -0.119. The summed E-state index contributed by atoms with van der Waals surface area (Å²) in [6.07, 6.45) is 5.66. The maximum absolute atomic E-state index is 10.3. The Morgan fingerprint density at radius 1 is 0.643 bits per heavy atom. The van der Waals surface area contributed by atoms with Crippen LogP contribution in [0.25, 0.3) is 0 Å². The number of amides is 2. The average molecular weight is 366 g/mol. The maximum atomic E-state index is 10.3. The van der Waals surface area contributed by atoms with E-state index >= 15 is 0 Å². The van der Waals surface area contributed by atoms with Crippen LogP contribution in [0.2, 0.25) is 0 Å². The molecule has 0 aliphatic rings. The van der Waals surface area contributed by atoms with E-state index in [0.717, 1.165) is 6.42 Å². The summed E-state index contributed by atoms with van der Waals surface area (Å²) in [4.78, 5) is 20.7. The first-order chi connectivity index (χ1) is 13.5. The van der Waals surface area contributed by atoms with Gasteiger partial charge in [-0.3, -0.25) is 9.59 Å². The van der Waals surface area contributed by atoms with Crippen LogP contribution < -0.4 is 10.6 Å². The van der Waals surface area contributed by atoms with Gasteiger partial charge in [0.25, 0.3) is 0 Å². The van der Waals surface area contributed by atoms with Crippen LogP contribution in [-0.4, -0.2) is 24.9 Å². The number of rotatable bonds is 4. The van der Waals surface area contributed by atoms with Gasteiger partial charge in [-0.1, -0.05) is 5.92 Å². The summed E-state index contributed by atoms with van der Waals surface area (Å²) in [6, 6.07) is 0. The molecule has 0 spiro atoms. The Balaban J connectivity index is 0. The van der Waals surface area contributed by atoms with Gasteiger partial charge in [0.1, 0.15) is 0 Å². The first kappa shape index (κ1) is 25.7. The summed E-state index contributed by atoms with van der Waals surface area (Å²) in [7, 11) is 0. The molecule has 0 rings (SSSR count). The maximum Gasteiger partial charge on any atom is 0.216 e. The molecule has 4 heteroatoms. The molecule has 136 valence electrons. The third-order valence-corrected chi connectivity index (χ3v) is 2.05. The lowest BCUT2D eigenvalue weighted by atomic mass is 10.4. The van der Waals surface area contributed by atoms with Crippen molar-refractivity contribution in [3.63, 3.8) is 0 Å².